The SMILES string of the molecule is COc1cc(C)c(NC(=O)CSc2nnc(-c3cccnc3)n2-c2ccccc2)cc1OC. The van der Waals surface area contributed by atoms with Crippen LogP contribution >= 0.6 is 11.8 Å². The van der Waals surface area contributed by atoms with Gasteiger partial charge in [0.1, 0.15) is 0 Å². The van der Waals surface area contributed by atoms with Gasteiger partial charge in [0, 0.05) is 35.4 Å². The summed E-state index contributed by atoms with van der Waals surface area (Å²) in [5.74, 6) is 1.82. The molecule has 2 heterocycles. The third-order valence-corrected chi connectivity index (χ3v) is 5.83. The maximum absolute atomic E-state index is 12.7. The second-order valence-corrected chi connectivity index (χ2v) is 8.02. The number of hydrogen-bond donors (Lipinski definition) is 1. The second-order valence-electron chi connectivity index (χ2n) is 7.08. The van der Waals surface area contributed by atoms with E-state index >= 15 is 0 Å². The van der Waals surface area contributed by atoms with Gasteiger partial charge in [-0.25, -0.2) is 0 Å². The van der Waals surface area contributed by atoms with Crippen LogP contribution in [0.2, 0.25) is 0 Å². The Kier molecular flexibility index (Phi) is 6.89. The highest BCUT2D eigenvalue weighted by Gasteiger charge is 2.18. The molecule has 2 aromatic heterocycles. The summed E-state index contributed by atoms with van der Waals surface area (Å²) in [4.78, 5) is 16.9. The fourth-order valence-electron chi connectivity index (χ4n) is 3.29. The van der Waals surface area contributed by atoms with Crippen molar-refractivity contribution in [3.63, 3.8) is 0 Å². The summed E-state index contributed by atoms with van der Waals surface area (Å²) >= 11 is 1.31. The molecule has 0 aliphatic rings. The first kappa shape index (κ1) is 22.3. The number of aryl methyl sites for hydroxylation is 1. The minimum absolute atomic E-state index is 0.159. The molecule has 9 heteroatoms. The number of benzene rings is 2. The zero-order chi connectivity index (χ0) is 23.2. The van der Waals surface area contributed by atoms with Crippen molar-refractivity contribution in [3.05, 3.63) is 72.6 Å². The summed E-state index contributed by atoms with van der Waals surface area (Å²) in [5, 5.41) is 12.3. The number of methoxy groups -OCH3 is 2. The van der Waals surface area contributed by atoms with Gasteiger partial charge in [0.2, 0.25) is 5.91 Å². The largest absolute Gasteiger partial charge is 0.493 e. The van der Waals surface area contributed by atoms with Gasteiger partial charge in [-0.1, -0.05) is 30.0 Å². The van der Waals surface area contributed by atoms with Crippen molar-refractivity contribution in [2.45, 2.75) is 12.1 Å². The predicted octanol–water partition coefficient (Wildman–Crippen LogP) is 4.39. The molecule has 168 valence electrons. The van der Waals surface area contributed by atoms with Crippen LogP contribution in [0.15, 0.2) is 72.1 Å². The number of anilines is 1. The molecule has 0 saturated heterocycles. The monoisotopic (exact) mass is 461 g/mol. The number of pyridine rings is 1. The minimum atomic E-state index is -0.166. The Morgan fingerprint density at radius 3 is 2.48 bits per heavy atom. The van der Waals surface area contributed by atoms with E-state index in [2.05, 4.69) is 20.5 Å². The standard InChI is InChI=1S/C24H23N5O3S/c1-16-12-20(31-2)21(32-3)13-19(16)26-22(30)15-33-24-28-27-23(17-8-7-11-25-14-17)29(24)18-9-5-4-6-10-18/h4-14H,15H2,1-3H3,(H,26,30). The maximum atomic E-state index is 12.7. The first-order valence-corrected chi connectivity index (χ1v) is 11.2. The molecule has 0 atom stereocenters. The Morgan fingerprint density at radius 1 is 1.03 bits per heavy atom. The molecule has 0 aliphatic carbocycles. The van der Waals surface area contributed by atoms with Crippen LogP contribution < -0.4 is 14.8 Å². The summed E-state index contributed by atoms with van der Waals surface area (Å²) in [7, 11) is 3.14. The normalized spacial score (nSPS) is 10.6. The van der Waals surface area contributed by atoms with E-state index in [0.717, 1.165) is 16.8 Å². The van der Waals surface area contributed by atoms with E-state index < -0.39 is 0 Å². The van der Waals surface area contributed by atoms with E-state index in [1.807, 2.05) is 60.0 Å². The lowest BCUT2D eigenvalue weighted by Crippen LogP contribution is -2.15. The number of carbonyl (C=O) groups is 1. The van der Waals surface area contributed by atoms with Crippen LogP contribution in [0.1, 0.15) is 5.56 Å². The molecule has 4 rings (SSSR count). The lowest BCUT2D eigenvalue weighted by molar-refractivity contribution is -0.113. The van der Waals surface area contributed by atoms with Crippen molar-refractivity contribution in [2.24, 2.45) is 0 Å². The molecule has 2 aromatic carbocycles. The number of hydrogen-bond acceptors (Lipinski definition) is 7. The average molecular weight is 462 g/mol. The van der Waals surface area contributed by atoms with Crippen LogP contribution in [0.3, 0.4) is 0 Å². The number of amides is 1. The molecule has 0 saturated carbocycles. The average Bonchev–Trinajstić information content (AvgIpc) is 3.29. The highest BCUT2D eigenvalue weighted by Crippen LogP contribution is 2.33. The van der Waals surface area contributed by atoms with Crippen LogP contribution in [-0.4, -0.2) is 45.6 Å². The van der Waals surface area contributed by atoms with Gasteiger partial charge < -0.3 is 14.8 Å². The zero-order valence-electron chi connectivity index (χ0n) is 18.5. The van der Waals surface area contributed by atoms with Crippen molar-refractivity contribution < 1.29 is 14.3 Å². The van der Waals surface area contributed by atoms with E-state index in [-0.39, 0.29) is 11.7 Å². The molecule has 0 unspecified atom stereocenters. The first-order chi connectivity index (χ1) is 16.1. The lowest BCUT2D eigenvalue weighted by Gasteiger charge is -2.14. The van der Waals surface area contributed by atoms with E-state index in [1.54, 1.807) is 32.7 Å². The van der Waals surface area contributed by atoms with Crippen LogP contribution in [0.4, 0.5) is 5.69 Å². The number of nitrogens with one attached hydrogen (secondary N) is 1. The van der Waals surface area contributed by atoms with E-state index in [0.29, 0.717) is 28.2 Å². The molecule has 4 aromatic rings. The molecular formula is C24H23N5O3S. The number of para-hydroxylation sites is 1. The molecule has 0 bridgehead atoms. The smallest absolute Gasteiger partial charge is 0.234 e. The van der Waals surface area contributed by atoms with Gasteiger partial charge in [0.15, 0.2) is 22.5 Å². The molecule has 33 heavy (non-hydrogen) atoms. The molecular weight excluding hydrogens is 438 g/mol. The number of ether oxygens (including phenoxy) is 2. The fourth-order valence-corrected chi connectivity index (χ4v) is 4.04. The van der Waals surface area contributed by atoms with Crippen molar-refractivity contribution in [3.8, 4) is 28.6 Å². The number of aromatic nitrogens is 4. The molecule has 1 amide bonds. The van der Waals surface area contributed by atoms with E-state index in [4.69, 9.17) is 9.47 Å². The Bertz CT molecular complexity index is 1250. The van der Waals surface area contributed by atoms with Gasteiger partial charge in [0.25, 0.3) is 0 Å². The van der Waals surface area contributed by atoms with Crippen molar-refractivity contribution in [2.75, 3.05) is 25.3 Å². The van der Waals surface area contributed by atoms with Gasteiger partial charge in [-0.05, 0) is 42.8 Å². The fraction of sp³-hybridized carbons (Fsp3) is 0.167. The zero-order valence-corrected chi connectivity index (χ0v) is 19.3. The number of thioether (sulfide) groups is 1. The van der Waals surface area contributed by atoms with Crippen LogP contribution in [0, 0.1) is 6.92 Å². The molecule has 8 nitrogen and oxygen atoms in total. The Labute approximate surface area is 196 Å². The van der Waals surface area contributed by atoms with Crippen LogP contribution in [0.5, 0.6) is 11.5 Å². The molecule has 1 N–H and O–H groups in total. The third-order valence-electron chi connectivity index (χ3n) is 4.90. The Morgan fingerprint density at radius 2 is 1.79 bits per heavy atom. The molecule has 0 aliphatic heterocycles. The molecule has 0 fully saturated rings. The number of rotatable bonds is 8. The van der Waals surface area contributed by atoms with E-state index in [9.17, 15) is 4.79 Å². The Balaban J connectivity index is 1.56. The molecule has 0 radical (unpaired) electrons. The predicted molar refractivity (Wildman–Crippen MR) is 128 cm³/mol. The van der Waals surface area contributed by atoms with Crippen LogP contribution in [-0.2, 0) is 4.79 Å². The summed E-state index contributed by atoms with van der Waals surface area (Å²) in [5.41, 5.74) is 3.28. The number of nitrogens with zero attached hydrogens (tertiary/aromatic N) is 4. The van der Waals surface area contributed by atoms with E-state index in [1.165, 1.54) is 11.8 Å². The molecule has 0 spiro atoms. The van der Waals surface area contributed by atoms with Crippen LogP contribution in [0.25, 0.3) is 17.1 Å². The highest BCUT2D eigenvalue weighted by atomic mass is 32.2. The van der Waals surface area contributed by atoms with Gasteiger partial charge in [-0.3, -0.25) is 14.3 Å². The van der Waals surface area contributed by atoms with Gasteiger partial charge in [-0.15, -0.1) is 10.2 Å². The minimum Gasteiger partial charge on any atom is -0.493 e. The van der Waals surface area contributed by atoms with Crippen molar-refractivity contribution >= 4 is 23.4 Å². The van der Waals surface area contributed by atoms with Crippen molar-refractivity contribution in [1.29, 1.82) is 0 Å². The van der Waals surface area contributed by atoms with Gasteiger partial charge in [0.05, 0.1) is 20.0 Å². The highest BCUT2D eigenvalue weighted by molar-refractivity contribution is 7.99. The topological polar surface area (TPSA) is 91.2 Å². The first-order valence-electron chi connectivity index (χ1n) is 10.2. The quantitative estimate of drug-likeness (QED) is 0.389. The summed E-state index contributed by atoms with van der Waals surface area (Å²) in [6.07, 6.45) is 3.45. The van der Waals surface area contributed by atoms with Gasteiger partial charge >= 0.3 is 0 Å². The van der Waals surface area contributed by atoms with Gasteiger partial charge in [-0.2, -0.15) is 0 Å². The third kappa shape index (κ3) is 4.98. The lowest BCUT2D eigenvalue weighted by atomic mass is 10.1. The number of carbonyl (C=O) groups excluding carboxylic acids is 1. The summed E-state index contributed by atoms with van der Waals surface area (Å²) < 4.78 is 12.6. The second kappa shape index (κ2) is 10.2. The van der Waals surface area contributed by atoms with Crippen molar-refractivity contribution in [1.82, 2.24) is 19.7 Å². The summed E-state index contributed by atoms with van der Waals surface area (Å²) in [6, 6.07) is 17.1. The Hall–Kier alpha value is -3.85. The maximum Gasteiger partial charge on any atom is 0.234 e. The summed E-state index contributed by atoms with van der Waals surface area (Å²) in [6.45, 7) is 1.90.